The van der Waals surface area contributed by atoms with E-state index in [-0.39, 0.29) is 25.0 Å². The van der Waals surface area contributed by atoms with E-state index < -0.39 is 6.10 Å². The van der Waals surface area contributed by atoms with E-state index in [0.717, 1.165) is 11.3 Å². The number of hydrogen-bond donors (Lipinski definition) is 3. The summed E-state index contributed by atoms with van der Waals surface area (Å²) < 4.78 is 5.48. The van der Waals surface area contributed by atoms with Crippen molar-refractivity contribution < 1.29 is 14.6 Å². The molecule has 0 aliphatic heterocycles. The molecular weight excluding hydrogens is 244 g/mol. The first-order valence-electron chi connectivity index (χ1n) is 6.36. The molecule has 2 unspecified atom stereocenters. The number of primary amides is 1. The number of rotatable bonds is 8. The topological polar surface area (TPSA) is 84.6 Å². The van der Waals surface area contributed by atoms with Gasteiger partial charge in [-0.3, -0.25) is 4.79 Å². The number of benzene rings is 1. The van der Waals surface area contributed by atoms with E-state index in [2.05, 4.69) is 5.32 Å². The highest BCUT2D eigenvalue weighted by Crippen LogP contribution is 2.12. The highest BCUT2D eigenvalue weighted by molar-refractivity contribution is 5.74. The molecule has 1 aromatic carbocycles. The number of ether oxygens (including phenoxy) is 1. The fourth-order valence-electron chi connectivity index (χ4n) is 1.67. The van der Waals surface area contributed by atoms with Gasteiger partial charge in [0.1, 0.15) is 18.5 Å². The molecule has 2 atom stereocenters. The van der Waals surface area contributed by atoms with Crippen molar-refractivity contribution in [1.82, 2.24) is 5.32 Å². The van der Waals surface area contributed by atoms with Crippen molar-refractivity contribution in [3.05, 3.63) is 29.8 Å². The Hall–Kier alpha value is -1.59. The minimum absolute atomic E-state index is 0.0499. The first kappa shape index (κ1) is 15.5. The monoisotopic (exact) mass is 266 g/mol. The molecule has 1 aromatic rings. The maximum Gasteiger partial charge on any atom is 0.218 e. The second-order valence-electron chi connectivity index (χ2n) is 4.76. The standard InChI is InChI=1S/C14H22N2O3/c1-10-4-3-5-13(6-10)19-9-12(17)8-16-11(2)7-14(15)18/h3-6,11-12,16-17H,7-9H2,1-2H3,(H2,15,18). The average Bonchev–Trinajstić information content (AvgIpc) is 2.33. The summed E-state index contributed by atoms with van der Waals surface area (Å²) in [6.07, 6.45) is -0.373. The number of amides is 1. The largest absolute Gasteiger partial charge is 0.491 e. The summed E-state index contributed by atoms with van der Waals surface area (Å²) in [5, 5.41) is 12.8. The van der Waals surface area contributed by atoms with Gasteiger partial charge in [-0.25, -0.2) is 0 Å². The Balaban J connectivity index is 2.24. The Kier molecular flexibility index (Phi) is 6.32. The molecule has 0 bridgehead atoms. The summed E-state index contributed by atoms with van der Waals surface area (Å²) in [7, 11) is 0. The Morgan fingerprint density at radius 1 is 1.53 bits per heavy atom. The fraction of sp³-hybridized carbons (Fsp3) is 0.500. The lowest BCUT2D eigenvalue weighted by atomic mass is 10.2. The van der Waals surface area contributed by atoms with Crippen LogP contribution in [0.4, 0.5) is 0 Å². The average molecular weight is 266 g/mol. The number of carbonyl (C=O) groups excluding carboxylic acids is 1. The predicted molar refractivity (Wildman–Crippen MR) is 74.0 cm³/mol. The van der Waals surface area contributed by atoms with Gasteiger partial charge in [0.2, 0.25) is 5.91 Å². The van der Waals surface area contributed by atoms with Crippen LogP contribution in [0.5, 0.6) is 5.75 Å². The predicted octanol–water partition coefficient (Wildman–Crippen LogP) is 0.588. The molecule has 0 heterocycles. The van der Waals surface area contributed by atoms with Gasteiger partial charge >= 0.3 is 0 Å². The van der Waals surface area contributed by atoms with Crippen LogP contribution in [-0.4, -0.2) is 36.3 Å². The molecule has 0 radical (unpaired) electrons. The summed E-state index contributed by atoms with van der Waals surface area (Å²) in [5.41, 5.74) is 6.19. The van der Waals surface area contributed by atoms with E-state index in [1.165, 1.54) is 0 Å². The molecule has 0 aliphatic rings. The van der Waals surface area contributed by atoms with Crippen LogP contribution in [0.25, 0.3) is 0 Å². The van der Waals surface area contributed by atoms with Crippen LogP contribution in [-0.2, 0) is 4.79 Å². The van der Waals surface area contributed by atoms with Crippen molar-refractivity contribution in [2.24, 2.45) is 5.73 Å². The van der Waals surface area contributed by atoms with Crippen molar-refractivity contribution in [2.45, 2.75) is 32.4 Å². The SMILES string of the molecule is Cc1cccc(OCC(O)CNC(C)CC(N)=O)c1. The van der Waals surface area contributed by atoms with Gasteiger partial charge in [-0.05, 0) is 31.5 Å². The Labute approximate surface area is 113 Å². The van der Waals surface area contributed by atoms with E-state index in [1.807, 2.05) is 38.1 Å². The van der Waals surface area contributed by atoms with Crippen LogP contribution in [0, 0.1) is 6.92 Å². The molecule has 0 fully saturated rings. The number of hydrogen-bond acceptors (Lipinski definition) is 4. The first-order valence-corrected chi connectivity index (χ1v) is 6.36. The molecule has 5 heteroatoms. The van der Waals surface area contributed by atoms with Crippen molar-refractivity contribution in [2.75, 3.05) is 13.2 Å². The lowest BCUT2D eigenvalue weighted by Gasteiger charge is -2.16. The van der Waals surface area contributed by atoms with Gasteiger partial charge in [0.15, 0.2) is 0 Å². The van der Waals surface area contributed by atoms with Gasteiger partial charge in [0, 0.05) is 19.0 Å². The number of nitrogens with one attached hydrogen (secondary N) is 1. The summed E-state index contributed by atoms with van der Waals surface area (Å²) in [4.78, 5) is 10.7. The summed E-state index contributed by atoms with van der Waals surface area (Å²) in [6.45, 7) is 4.40. The Morgan fingerprint density at radius 3 is 2.89 bits per heavy atom. The Morgan fingerprint density at radius 2 is 2.26 bits per heavy atom. The van der Waals surface area contributed by atoms with Crippen LogP contribution in [0.3, 0.4) is 0 Å². The molecule has 0 saturated carbocycles. The first-order chi connectivity index (χ1) is 8.97. The number of nitrogens with two attached hydrogens (primary N) is 1. The third-order valence-electron chi connectivity index (χ3n) is 2.64. The van der Waals surface area contributed by atoms with E-state index in [1.54, 1.807) is 0 Å². The fourth-order valence-corrected chi connectivity index (χ4v) is 1.67. The number of aryl methyl sites for hydroxylation is 1. The van der Waals surface area contributed by atoms with E-state index >= 15 is 0 Å². The van der Waals surface area contributed by atoms with Gasteiger partial charge in [-0.2, -0.15) is 0 Å². The molecule has 5 nitrogen and oxygen atoms in total. The van der Waals surface area contributed by atoms with Gasteiger partial charge in [0.05, 0.1) is 0 Å². The van der Waals surface area contributed by atoms with Crippen LogP contribution < -0.4 is 15.8 Å². The second kappa shape index (κ2) is 7.76. The maximum absolute atomic E-state index is 10.7. The van der Waals surface area contributed by atoms with E-state index in [0.29, 0.717) is 6.54 Å². The zero-order valence-corrected chi connectivity index (χ0v) is 11.4. The summed E-state index contributed by atoms with van der Waals surface area (Å²) in [5.74, 6) is 0.384. The van der Waals surface area contributed by atoms with Crippen LogP contribution in [0.15, 0.2) is 24.3 Å². The normalized spacial score (nSPS) is 13.8. The van der Waals surface area contributed by atoms with Gasteiger partial charge < -0.3 is 20.9 Å². The van der Waals surface area contributed by atoms with Crippen molar-refractivity contribution in [3.63, 3.8) is 0 Å². The summed E-state index contributed by atoms with van der Waals surface area (Å²) >= 11 is 0. The molecule has 0 saturated heterocycles. The summed E-state index contributed by atoms with van der Waals surface area (Å²) in [6, 6.07) is 7.60. The van der Waals surface area contributed by atoms with Gasteiger partial charge in [-0.1, -0.05) is 12.1 Å². The van der Waals surface area contributed by atoms with Crippen LogP contribution >= 0.6 is 0 Å². The third kappa shape index (κ3) is 6.79. The minimum Gasteiger partial charge on any atom is -0.491 e. The van der Waals surface area contributed by atoms with Crippen molar-refractivity contribution >= 4 is 5.91 Å². The highest BCUT2D eigenvalue weighted by Gasteiger charge is 2.09. The van der Waals surface area contributed by atoms with E-state index in [9.17, 15) is 9.90 Å². The maximum atomic E-state index is 10.7. The molecule has 0 aromatic heterocycles. The van der Waals surface area contributed by atoms with Crippen LogP contribution in [0.2, 0.25) is 0 Å². The molecule has 0 spiro atoms. The third-order valence-corrected chi connectivity index (χ3v) is 2.64. The van der Waals surface area contributed by atoms with Gasteiger partial charge in [-0.15, -0.1) is 0 Å². The van der Waals surface area contributed by atoms with E-state index in [4.69, 9.17) is 10.5 Å². The molecule has 1 amide bonds. The second-order valence-corrected chi connectivity index (χ2v) is 4.76. The number of carbonyl (C=O) groups is 1. The number of aliphatic hydroxyl groups is 1. The smallest absolute Gasteiger partial charge is 0.218 e. The van der Waals surface area contributed by atoms with Gasteiger partial charge in [0.25, 0.3) is 0 Å². The lowest BCUT2D eigenvalue weighted by Crippen LogP contribution is -2.38. The highest BCUT2D eigenvalue weighted by atomic mass is 16.5. The molecule has 4 N–H and O–H groups in total. The van der Waals surface area contributed by atoms with Crippen molar-refractivity contribution in [3.8, 4) is 5.75 Å². The zero-order chi connectivity index (χ0) is 14.3. The van der Waals surface area contributed by atoms with Crippen molar-refractivity contribution in [1.29, 1.82) is 0 Å². The Bertz CT molecular complexity index is 409. The molecule has 0 aliphatic carbocycles. The number of aliphatic hydroxyl groups excluding tert-OH is 1. The lowest BCUT2D eigenvalue weighted by molar-refractivity contribution is -0.118. The molecule has 106 valence electrons. The van der Waals surface area contributed by atoms with Crippen LogP contribution in [0.1, 0.15) is 18.9 Å². The minimum atomic E-state index is -0.629. The molecule has 19 heavy (non-hydrogen) atoms. The quantitative estimate of drug-likeness (QED) is 0.643. The molecule has 1 rings (SSSR count). The molecular formula is C14H22N2O3. The zero-order valence-electron chi connectivity index (χ0n) is 11.4.